The lowest BCUT2D eigenvalue weighted by molar-refractivity contribution is 0.669. The predicted octanol–water partition coefficient (Wildman–Crippen LogP) is 14.1. The Morgan fingerprint density at radius 3 is 1.68 bits per heavy atom. The van der Waals surface area contributed by atoms with Crippen LogP contribution in [0.5, 0.6) is 0 Å². The Labute approximate surface area is 327 Å². The molecule has 4 nitrogen and oxygen atoms in total. The number of rotatable bonds is 6. The van der Waals surface area contributed by atoms with Gasteiger partial charge < -0.3 is 4.42 Å². The van der Waals surface area contributed by atoms with Crippen molar-refractivity contribution < 1.29 is 4.42 Å². The molecule has 0 aliphatic heterocycles. The van der Waals surface area contributed by atoms with Crippen molar-refractivity contribution in [2.24, 2.45) is 0 Å². The number of hydrogen-bond acceptors (Lipinski definition) is 5. The zero-order valence-corrected chi connectivity index (χ0v) is 30.9. The minimum Gasteiger partial charge on any atom is -0.456 e. The summed E-state index contributed by atoms with van der Waals surface area (Å²) < 4.78 is 8.68. The minimum absolute atomic E-state index is 0.599. The molecule has 3 heterocycles. The molecule has 0 bridgehead atoms. The molecule has 5 heteroatoms. The molecular formula is C51H31N3OS. The second kappa shape index (κ2) is 13.3. The molecule has 0 fully saturated rings. The molecule has 0 radical (unpaired) electrons. The van der Waals surface area contributed by atoms with Crippen molar-refractivity contribution >= 4 is 53.4 Å². The number of benzene rings is 8. The largest absolute Gasteiger partial charge is 0.456 e. The molecule has 56 heavy (non-hydrogen) atoms. The molecule has 0 unspecified atom stereocenters. The lowest BCUT2D eigenvalue weighted by atomic mass is 9.96. The lowest BCUT2D eigenvalue weighted by Crippen LogP contribution is -2.00. The molecular weight excluding hydrogens is 703 g/mol. The first-order valence-electron chi connectivity index (χ1n) is 18.7. The maximum Gasteiger partial charge on any atom is 0.164 e. The normalized spacial score (nSPS) is 11.6. The van der Waals surface area contributed by atoms with Gasteiger partial charge in [-0.05, 0) is 75.8 Å². The van der Waals surface area contributed by atoms with E-state index in [0.717, 1.165) is 49.6 Å². The van der Waals surface area contributed by atoms with E-state index in [9.17, 15) is 0 Å². The molecule has 0 N–H and O–H groups in total. The van der Waals surface area contributed by atoms with E-state index in [0.29, 0.717) is 17.5 Å². The summed E-state index contributed by atoms with van der Waals surface area (Å²) in [6.07, 6.45) is 0. The van der Waals surface area contributed by atoms with Crippen molar-refractivity contribution in [3.8, 4) is 67.5 Å². The standard InChI is InChI=1S/C51H31N3OS/c1-3-11-32(12-4-1)33-21-23-34(24-22-33)36-15-9-16-37(29-36)38-26-28-46-43(30-38)48-42(18-10-20-47(48)56-46)51-53-49(35-13-5-2-6-14-35)52-50(54-51)39-25-27-41-40-17-7-8-19-44(40)55-45(41)31-39/h1-31H. The quantitative estimate of drug-likeness (QED) is 0.171. The van der Waals surface area contributed by atoms with Crippen molar-refractivity contribution in [3.05, 3.63) is 188 Å². The Hall–Kier alpha value is -7.21. The Morgan fingerprint density at radius 2 is 0.875 bits per heavy atom. The van der Waals surface area contributed by atoms with Gasteiger partial charge in [-0.15, -0.1) is 11.3 Å². The third-order valence-electron chi connectivity index (χ3n) is 10.6. The molecule has 0 saturated heterocycles. The first-order chi connectivity index (χ1) is 27.7. The van der Waals surface area contributed by atoms with Gasteiger partial charge in [-0.25, -0.2) is 15.0 Å². The van der Waals surface area contributed by atoms with Crippen LogP contribution < -0.4 is 0 Å². The van der Waals surface area contributed by atoms with Gasteiger partial charge >= 0.3 is 0 Å². The van der Waals surface area contributed by atoms with Gasteiger partial charge in [0, 0.05) is 47.6 Å². The summed E-state index contributed by atoms with van der Waals surface area (Å²) in [5.74, 6) is 1.86. The first-order valence-corrected chi connectivity index (χ1v) is 19.5. The van der Waals surface area contributed by atoms with Crippen LogP contribution in [0.4, 0.5) is 0 Å². The molecule has 11 rings (SSSR count). The van der Waals surface area contributed by atoms with Crippen LogP contribution in [0.25, 0.3) is 110 Å². The summed E-state index contributed by atoms with van der Waals surface area (Å²) >= 11 is 1.79. The van der Waals surface area contributed by atoms with Gasteiger partial charge in [-0.3, -0.25) is 0 Å². The Balaban J connectivity index is 1.03. The van der Waals surface area contributed by atoms with E-state index in [4.69, 9.17) is 19.4 Å². The van der Waals surface area contributed by atoms with Crippen molar-refractivity contribution in [1.29, 1.82) is 0 Å². The van der Waals surface area contributed by atoms with Crippen molar-refractivity contribution in [2.75, 3.05) is 0 Å². The van der Waals surface area contributed by atoms with Crippen LogP contribution in [0.2, 0.25) is 0 Å². The molecule has 0 saturated carbocycles. The topological polar surface area (TPSA) is 51.8 Å². The molecule has 0 amide bonds. The number of furan rings is 1. The van der Waals surface area contributed by atoms with Crippen LogP contribution >= 0.6 is 11.3 Å². The molecule has 3 aromatic heterocycles. The zero-order valence-electron chi connectivity index (χ0n) is 30.1. The Kier molecular flexibility index (Phi) is 7.64. The highest BCUT2D eigenvalue weighted by atomic mass is 32.1. The smallest absolute Gasteiger partial charge is 0.164 e. The summed E-state index contributed by atoms with van der Waals surface area (Å²) in [7, 11) is 0. The van der Waals surface area contributed by atoms with E-state index in [1.807, 2.05) is 54.6 Å². The van der Waals surface area contributed by atoms with E-state index < -0.39 is 0 Å². The van der Waals surface area contributed by atoms with Crippen LogP contribution in [0.1, 0.15) is 0 Å². The van der Waals surface area contributed by atoms with Crippen LogP contribution in [-0.2, 0) is 0 Å². The van der Waals surface area contributed by atoms with Crippen molar-refractivity contribution in [1.82, 2.24) is 15.0 Å². The van der Waals surface area contributed by atoms with Gasteiger partial charge in [0.05, 0.1) is 0 Å². The van der Waals surface area contributed by atoms with E-state index in [2.05, 4.69) is 133 Å². The number of hydrogen-bond donors (Lipinski definition) is 0. The maximum atomic E-state index is 6.27. The van der Waals surface area contributed by atoms with Crippen LogP contribution in [0.3, 0.4) is 0 Å². The fourth-order valence-corrected chi connectivity index (χ4v) is 8.88. The van der Waals surface area contributed by atoms with Gasteiger partial charge in [0.25, 0.3) is 0 Å². The monoisotopic (exact) mass is 733 g/mol. The molecule has 0 aliphatic carbocycles. The van der Waals surface area contributed by atoms with E-state index in [-0.39, 0.29) is 0 Å². The van der Waals surface area contributed by atoms with Gasteiger partial charge in [-0.1, -0.05) is 146 Å². The first kappa shape index (κ1) is 32.2. The summed E-state index contributed by atoms with van der Waals surface area (Å²) in [6, 6.07) is 65.9. The lowest BCUT2D eigenvalue weighted by Gasteiger charge is -2.10. The number of para-hydroxylation sites is 1. The molecule has 11 aromatic rings. The van der Waals surface area contributed by atoms with Gasteiger partial charge in [0.15, 0.2) is 17.5 Å². The van der Waals surface area contributed by atoms with Gasteiger partial charge in [0.1, 0.15) is 11.2 Å². The summed E-state index contributed by atoms with van der Waals surface area (Å²) in [5, 5.41) is 4.49. The third kappa shape index (κ3) is 5.65. The molecule has 0 spiro atoms. The zero-order chi connectivity index (χ0) is 37.0. The Bertz CT molecular complexity index is 3240. The second-order valence-corrected chi connectivity index (χ2v) is 15.1. The highest BCUT2D eigenvalue weighted by Crippen LogP contribution is 2.42. The number of thiophene rings is 1. The molecule has 8 aromatic carbocycles. The highest BCUT2D eigenvalue weighted by Gasteiger charge is 2.18. The molecule has 0 atom stereocenters. The summed E-state index contributed by atoms with van der Waals surface area (Å²) in [5.41, 5.74) is 11.6. The summed E-state index contributed by atoms with van der Waals surface area (Å²) in [6.45, 7) is 0. The fourth-order valence-electron chi connectivity index (χ4n) is 7.76. The van der Waals surface area contributed by atoms with E-state index in [1.165, 1.54) is 42.6 Å². The SMILES string of the molecule is c1ccc(-c2ccc(-c3cccc(-c4ccc5sc6cccc(-c7nc(-c8ccccc8)nc(-c8ccc9c(c8)oc8ccccc89)n7)c6c5c4)c3)cc2)cc1. The number of fused-ring (bicyclic) bond motifs is 6. The van der Waals surface area contributed by atoms with Crippen LogP contribution in [0.15, 0.2) is 192 Å². The van der Waals surface area contributed by atoms with E-state index in [1.54, 1.807) is 11.3 Å². The molecule has 262 valence electrons. The van der Waals surface area contributed by atoms with Crippen LogP contribution in [-0.4, -0.2) is 15.0 Å². The highest BCUT2D eigenvalue weighted by molar-refractivity contribution is 7.26. The number of nitrogens with zero attached hydrogens (tertiary/aromatic N) is 3. The third-order valence-corrected chi connectivity index (χ3v) is 11.7. The fraction of sp³-hybridized carbons (Fsp3) is 0. The minimum atomic E-state index is 0.599. The average Bonchev–Trinajstić information content (AvgIpc) is 3.85. The predicted molar refractivity (Wildman–Crippen MR) is 233 cm³/mol. The van der Waals surface area contributed by atoms with E-state index >= 15 is 0 Å². The average molecular weight is 734 g/mol. The number of aromatic nitrogens is 3. The summed E-state index contributed by atoms with van der Waals surface area (Å²) in [4.78, 5) is 15.4. The van der Waals surface area contributed by atoms with Crippen LogP contribution in [0, 0.1) is 0 Å². The Morgan fingerprint density at radius 1 is 0.321 bits per heavy atom. The second-order valence-electron chi connectivity index (χ2n) is 14.0. The molecule has 0 aliphatic rings. The van der Waals surface area contributed by atoms with Crippen molar-refractivity contribution in [2.45, 2.75) is 0 Å². The maximum absolute atomic E-state index is 6.27. The van der Waals surface area contributed by atoms with Gasteiger partial charge in [-0.2, -0.15) is 0 Å². The van der Waals surface area contributed by atoms with Gasteiger partial charge in [0.2, 0.25) is 0 Å². The van der Waals surface area contributed by atoms with Crippen molar-refractivity contribution in [3.63, 3.8) is 0 Å².